The molecule has 0 atom stereocenters. The zero-order chi connectivity index (χ0) is 11.6. The van der Waals surface area contributed by atoms with E-state index in [4.69, 9.17) is 4.74 Å². The minimum Gasteiger partial charge on any atom is -0.383 e. The van der Waals surface area contributed by atoms with Crippen LogP contribution >= 0.6 is 15.9 Å². The minimum atomic E-state index is 0.740. The fourth-order valence-electron chi connectivity index (χ4n) is 1.30. The molecule has 1 N–H and O–H groups in total. The van der Waals surface area contributed by atoms with Gasteiger partial charge in [-0.1, -0.05) is 28.1 Å². The van der Waals surface area contributed by atoms with Crippen molar-refractivity contribution in [1.82, 2.24) is 0 Å². The fourth-order valence-corrected chi connectivity index (χ4v) is 1.70. The molecule has 1 rings (SSSR count). The van der Waals surface area contributed by atoms with Crippen LogP contribution in [0.25, 0.3) is 0 Å². The monoisotopic (exact) mass is 283 g/mol. The van der Waals surface area contributed by atoms with Crippen LogP contribution in [0.4, 0.5) is 5.69 Å². The van der Waals surface area contributed by atoms with E-state index in [1.165, 1.54) is 0 Å². The first kappa shape index (κ1) is 13.3. The summed E-state index contributed by atoms with van der Waals surface area (Å²) in [6.07, 6.45) is 4.00. The van der Waals surface area contributed by atoms with Gasteiger partial charge in [-0.2, -0.15) is 0 Å². The van der Waals surface area contributed by atoms with Gasteiger partial charge in [0.15, 0.2) is 0 Å². The molecule has 0 bridgehead atoms. The highest BCUT2D eigenvalue weighted by Gasteiger charge is 1.92. The van der Waals surface area contributed by atoms with Crippen molar-refractivity contribution in [1.29, 1.82) is 0 Å². The molecule has 16 heavy (non-hydrogen) atoms. The zero-order valence-corrected chi connectivity index (χ0v) is 11.0. The lowest BCUT2D eigenvalue weighted by molar-refractivity contribution is 0.142. The molecule has 0 amide bonds. The van der Waals surface area contributed by atoms with Crippen LogP contribution in [0.3, 0.4) is 0 Å². The molecule has 1 aromatic carbocycles. The molecule has 0 aliphatic heterocycles. The average molecular weight is 284 g/mol. The topological polar surface area (TPSA) is 21.3 Å². The van der Waals surface area contributed by atoms with Gasteiger partial charge in [-0.25, -0.2) is 0 Å². The number of allylic oxidation sites excluding steroid dienone is 1. The third-order valence-corrected chi connectivity index (χ3v) is 2.59. The van der Waals surface area contributed by atoms with Crippen LogP contribution < -0.4 is 5.32 Å². The van der Waals surface area contributed by atoms with Crippen LogP contribution in [0.5, 0.6) is 0 Å². The van der Waals surface area contributed by atoms with Gasteiger partial charge in [0, 0.05) is 23.3 Å². The Morgan fingerprint density at radius 3 is 3.00 bits per heavy atom. The van der Waals surface area contributed by atoms with Crippen LogP contribution in [0, 0.1) is 0 Å². The van der Waals surface area contributed by atoms with E-state index in [-0.39, 0.29) is 0 Å². The number of halogens is 1. The lowest BCUT2D eigenvalue weighted by Gasteiger charge is -2.07. The summed E-state index contributed by atoms with van der Waals surface area (Å²) in [7, 11) is 0. The summed E-state index contributed by atoms with van der Waals surface area (Å²) < 4.78 is 6.55. The van der Waals surface area contributed by atoms with Crippen LogP contribution in [0.2, 0.25) is 0 Å². The van der Waals surface area contributed by atoms with E-state index in [1.54, 1.807) is 0 Å². The second kappa shape index (κ2) is 8.36. The average Bonchev–Trinajstić information content (AvgIpc) is 2.28. The maximum atomic E-state index is 5.47. The van der Waals surface area contributed by atoms with Gasteiger partial charge in [0.25, 0.3) is 0 Å². The van der Waals surface area contributed by atoms with Gasteiger partial charge in [0.05, 0.1) is 6.61 Å². The van der Waals surface area contributed by atoms with Crippen molar-refractivity contribution in [3.8, 4) is 0 Å². The van der Waals surface area contributed by atoms with E-state index in [0.717, 1.165) is 42.8 Å². The maximum absolute atomic E-state index is 5.47. The summed E-state index contributed by atoms with van der Waals surface area (Å²) in [5, 5.41) is 3.30. The summed E-state index contributed by atoms with van der Waals surface area (Å²) in [6, 6.07) is 8.12. The Morgan fingerprint density at radius 1 is 1.38 bits per heavy atom. The van der Waals surface area contributed by atoms with Gasteiger partial charge in [0.2, 0.25) is 0 Å². The molecule has 0 radical (unpaired) electrons. The lowest BCUT2D eigenvalue weighted by Crippen LogP contribution is -2.09. The second-order valence-corrected chi connectivity index (χ2v) is 4.40. The number of hydrogen-bond donors (Lipinski definition) is 1. The first-order valence-corrected chi connectivity index (χ1v) is 6.30. The van der Waals surface area contributed by atoms with Crippen molar-refractivity contribution in [2.45, 2.75) is 12.8 Å². The number of anilines is 1. The number of benzene rings is 1. The minimum absolute atomic E-state index is 0.740. The van der Waals surface area contributed by atoms with Crippen LogP contribution in [0.1, 0.15) is 12.8 Å². The van der Waals surface area contributed by atoms with Gasteiger partial charge in [-0.05, 0) is 31.0 Å². The lowest BCUT2D eigenvalue weighted by atomic mass is 10.3. The van der Waals surface area contributed by atoms with Gasteiger partial charge in [-0.15, -0.1) is 6.58 Å². The molecular weight excluding hydrogens is 266 g/mol. The second-order valence-electron chi connectivity index (χ2n) is 3.48. The van der Waals surface area contributed by atoms with Crippen LogP contribution in [-0.4, -0.2) is 19.8 Å². The van der Waals surface area contributed by atoms with E-state index in [9.17, 15) is 0 Å². The molecule has 0 aromatic heterocycles. The van der Waals surface area contributed by atoms with Gasteiger partial charge in [-0.3, -0.25) is 0 Å². The van der Waals surface area contributed by atoms with Crippen molar-refractivity contribution in [3.05, 3.63) is 41.4 Å². The van der Waals surface area contributed by atoms with E-state index in [0.29, 0.717) is 0 Å². The normalized spacial score (nSPS) is 10.1. The summed E-state index contributed by atoms with van der Waals surface area (Å²) in [6.45, 7) is 6.06. The Bertz CT molecular complexity index is 315. The van der Waals surface area contributed by atoms with Gasteiger partial charge >= 0.3 is 0 Å². The van der Waals surface area contributed by atoms with Crippen molar-refractivity contribution in [2.75, 3.05) is 25.1 Å². The number of hydrogen-bond acceptors (Lipinski definition) is 2. The zero-order valence-electron chi connectivity index (χ0n) is 9.42. The Balaban J connectivity index is 2.05. The molecule has 0 saturated heterocycles. The van der Waals surface area contributed by atoms with Crippen molar-refractivity contribution in [2.24, 2.45) is 0 Å². The molecular formula is C13H18BrNO. The summed E-state index contributed by atoms with van der Waals surface area (Å²) >= 11 is 3.43. The van der Waals surface area contributed by atoms with E-state index in [2.05, 4.69) is 33.9 Å². The first-order valence-electron chi connectivity index (χ1n) is 5.51. The van der Waals surface area contributed by atoms with Crippen molar-refractivity contribution < 1.29 is 4.74 Å². The van der Waals surface area contributed by atoms with E-state index < -0.39 is 0 Å². The van der Waals surface area contributed by atoms with Crippen LogP contribution in [-0.2, 0) is 4.74 Å². The van der Waals surface area contributed by atoms with Crippen LogP contribution in [0.15, 0.2) is 41.4 Å². The SMILES string of the molecule is C=CCCCOCCNc1cccc(Br)c1. The Morgan fingerprint density at radius 2 is 2.25 bits per heavy atom. The van der Waals surface area contributed by atoms with Crippen molar-refractivity contribution >= 4 is 21.6 Å². The Labute approximate surface area is 106 Å². The third-order valence-electron chi connectivity index (χ3n) is 2.10. The number of ether oxygens (including phenoxy) is 1. The predicted molar refractivity (Wildman–Crippen MR) is 72.9 cm³/mol. The maximum Gasteiger partial charge on any atom is 0.0639 e. The number of rotatable bonds is 8. The quantitative estimate of drug-likeness (QED) is 0.578. The summed E-state index contributed by atoms with van der Waals surface area (Å²) in [5.41, 5.74) is 1.11. The summed E-state index contributed by atoms with van der Waals surface area (Å²) in [4.78, 5) is 0. The molecule has 0 aliphatic carbocycles. The highest BCUT2D eigenvalue weighted by Crippen LogP contribution is 2.15. The molecule has 2 nitrogen and oxygen atoms in total. The Kier molecular flexibility index (Phi) is 6.93. The highest BCUT2D eigenvalue weighted by molar-refractivity contribution is 9.10. The first-order chi connectivity index (χ1) is 7.83. The predicted octanol–water partition coefficient (Wildman–Crippen LogP) is 3.84. The molecule has 1 aromatic rings. The van der Waals surface area contributed by atoms with Gasteiger partial charge < -0.3 is 10.1 Å². The molecule has 0 heterocycles. The summed E-state index contributed by atoms with van der Waals surface area (Å²) in [5.74, 6) is 0. The largest absolute Gasteiger partial charge is 0.383 e. The molecule has 0 unspecified atom stereocenters. The highest BCUT2D eigenvalue weighted by atomic mass is 79.9. The van der Waals surface area contributed by atoms with E-state index >= 15 is 0 Å². The number of nitrogens with one attached hydrogen (secondary N) is 1. The van der Waals surface area contributed by atoms with Gasteiger partial charge in [0.1, 0.15) is 0 Å². The fraction of sp³-hybridized carbons (Fsp3) is 0.385. The molecule has 0 aliphatic rings. The standard InChI is InChI=1S/C13H18BrNO/c1-2-3-4-9-16-10-8-15-13-7-5-6-12(14)11-13/h2,5-7,11,15H,1,3-4,8-10H2. The molecule has 0 spiro atoms. The van der Waals surface area contributed by atoms with E-state index in [1.807, 2.05) is 24.3 Å². The van der Waals surface area contributed by atoms with Crippen molar-refractivity contribution in [3.63, 3.8) is 0 Å². The molecule has 88 valence electrons. The third kappa shape index (κ3) is 5.93. The number of unbranched alkanes of at least 4 members (excludes halogenated alkanes) is 1. The Hall–Kier alpha value is -0.800. The molecule has 3 heteroatoms. The molecule has 0 fully saturated rings. The molecule has 0 saturated carbocycles. The smallest absolute Gasteiger partial charge is 0.0639 e.